The average molecular weight is 250 g/mol. The molecule has 1 N–H and O–H groups in total. The molecule has 1 aromatic rings. The number of morpholine rings is 1. The highest BCUT2D eigenvalue weighted by Gasteiger charge is 2.26. The number of aromatic nitrogens is 1. The van der Waals surface area contributed by atoms with E-state index in [1.54, 1.807) is 6.07 Å². The molecule has 1 saturated heterocycles. The molecule has 2 rings (SSSR count). The van der Waals surface area contributed by atoms with Crippen LogP contribution in [0.15, 0.2) is 6.07 Å². The molecule has 1 aliphatic rings. The molecule has 2 heterocycles. The van der Waals surface area contributed by atoms with Crippen LogP contribution in [0.1, 0.15) is 28.5 Å². The van der Waals surface area contributed by atoms with Gasteiger partial charge in [0.15, 0.2) is 0 Å². The number of rotatable bonds is 2. The Balaban J connectivity index is 2.50. The Morgan fingerprint density at radius 1 is 1.56 bits per heavy atom. The molecule has 5 nitrogen and oxygen atoms in total. The van der Waals surface area contributed by atoms with Crippen LogP contribution in [0.4, 0.5) is 5.82 Å². The van der Waals surface area contributed by atoms with Crippen LogP contribution in [0.2, 0.25) is 0 Å². The first kappa shape index (κ1) is 12.8. The first-order valence-corrected chi connectivity index (χ1v) is 6.06. The van der Waals surface area contributed by atoms with Crippen molar-refractivity contribution in [2.75, 3.05) is 24.7 Å². The Labute approximate surface area is 106 Å². The van der Waals surface area contributed by atoms with Crippen molar-refractivity contribution in [3.8, 4) is 0 Å². The number of pyridine rings is 1. The smallest absolute Gasteiger partial charge is 0.339 e. The summed E-state index contributed by atoms with van der Waals surface area (Å²) in [7, 11) is 0. The van der Waals surface area contributed by atoms with Crippen LogP contribution < -0.4 is 4.90 Å². The van der Waals surface area contributed by atoms with Gasteiger partial charge in [-0.1, -0.05) is 0 Å². The van der Waals surface area contributed by atoms with Gasteiger partial charge >= 0.3 is 5.97 Å². The van der Waals surface area contributed by atoms with Crippen LogP contribution in [0.3, 0.4) is 0 Å². The molecule has 0 radical (unpaired) electrons. The molecule has 0 aromatic carbocycles. The third kappa shape index (κ3) is 2.31. The lowest BCUT2D eigenvalue weighted by atomic mass is 10.1. The van der Waals surface area contributed by atoms with E-state index in [-0.39, 0.29) is 6.04 Å². The van der Waals surface area contributed by atoms with E-state index in [9.17, 15) is 9.90 Å². The van der Waals surface area contributed by atoms with E-state index in [2.05, 4.69) is 4.98 Å². The van der Waals surface area contributed by atoms with Gasteiger partial charge in [0, 0.05) is 12.2 Å². The van der Waals surface area contributed by atoms with Crippen molar-refractivity contribution >= 4 is 11.8 Å². The normalized spacial score (nSPS) is 19.9. The lowest BCUT2D eigenvalue weighted by Crippen LogP contribution is -2.45. The van der Waals surface area contributed by atoms with Crippen LogP contribution in [-0.4, -0.2) is 41.9 Å². The maximum atomic E-state index is 11.4. The first-order chi connectivity index (χ1) is 8.50. The summed E-state index contributed by atoms with van der Waals surface area (Å²) in [5.74, 6) is -0.357. The van der Waals surface area contributed by atoms with Gasteiger partial charge in [0.05, 0.1) is 19.3 Å². The fraction of sp³-hybridized carbons (Fsp3) is 0.538. The molecule has 5 heteroatoms. The molecule has 0 bridgehead atoms. The molecule has 0 aliphatic carbocycles. The van der Waals surface area contributed by atoms with Crippen molar-refractivity contribution in [2.45, 2.75) is 26.8 Å². The number of anilines is 1. The fourth-order valence-electron chi connectivity index (χ4n) is 2.33. The lowest BCUT2D eigenvalue weighted by Gasteiger charge is -2.35. The predicted octanol–water partition coefficient (Wildman–Crippen LogP) is 1.62. The van der Waals surface area contributed by atoms with Gasteiger partial charge in [-0.05, 0) is 32.4 Å². The topological polar surface area (TPSA) is 62.7 Å². The third-order valence-corrected chi connectivity index (χ3v) is 3.18. The summed E-state index contributed by atoms with van der Waals surface area (Å²) < 4.78 is 5.38. The second-order valence-electron chi connectivity index (χ2n) is 4.70. The minimum absolute atomic E-state index is 0.144. The Morgan fingerprint density at radius 2 is 2.28 bits per heavy atom. The molecular formula is C13H18N2O3. The maximum absolute atomic E-state index is 11.4. The minimum atomic E-state index is -0.923. The molecule has 18 heavy (non-hydrogen) atoms. The summed E-state index contributed by atoms with van der Waals surface area (Å²) >= 11 is 0. The van der Waals surface area contributed by atoms with Crippen molar-refractivity contribution in [3.63, 3.8) is 0 Å². The number of aryl methyl sites for hydroxylation is 2. The standard InChI is InChI=1S/C13H18N2O3/c1-8-6-9(2)14-12(11(8)13(16)17)15-4-5-18-7-10(15)3/h6,10H,4-5,7H2,1-3H3,(H,16,17). The number of ether oxygens (including phenoxy) is 1. The number of carbonyl (C=O) groups is 1. The average Bonchev–Trinajstić information content (AvgIpc) is 2.27. The predicted molar refractivity (Wildman–Crippen MR) is 68.3 cm³/mol. The molecular weight excluding hydrogens is 232 g/mol. The Bertz CT molecular complexity index is 474. The lowest BCUT2D eigenvalue weighted by molar-refractivity contribution is 0.0693. The van der Waals surface area contributed by atoms with Gasteiger partial charge in [0.1, 0.15) is 11.4 Å². The molecule has 0 spiro atoms. The minimum Gasteiger partial charge on any atom is -0.478 e. The van der Waals surface area contributed by atoms with Gasteiger partial charge in [0.25, 0.3) is 0 Å². The monoisotopic (exact) mass is 250 g/mol. The van der Waals surface area contributed by atoms with Crippen LogP contribution in [0.25, 0.3) is 0 Å². The zero-order chi connectivity index (χ0) is 13.3. The molecule has 98 valence electrons. The number of carboxylic acid groups (broad SMARTS) is 1. The number of hydrogen-bond donors (Lipinski definition) is 1. The van der Waals surface area contributed by atoms with Gasteiger partial charge in [-0.2, -0.15) is 0 Å². The van der Waals surface area contributed by atoms with Gasteiger partial charge in [-0.15, -0.1) is 0 Å². The number of nitrogens with zero attached hydrogens (tertiary/aromatic N) is 2. The van der Waals surface area contributed by atoms with Crippen LogP contribution in [0.5, 0.6) is 0 Å². The van der Waals surface area contributed by atoms with Gasteiger partial charge in [-0.3, -0.25) is 0 Å². The highest BCUT2D eigenvalue weighted by atomic mass is 16.5. The first-order valence-electron chi connectivity index (χ1n) is 6.06. The van der Waals surface area contributed by atoms with Gasteiger partial charge in [0.2, 0.25) is 0 Å². The molecule has 1 aromatic heterocycles. The van der Waals surface area contributed by atoms with E-state index in [0.717, 1.165) is 11.3 Å². The summed E-state index contributed by atoms with van der Waals surface area (Å²) in [6.45, 7) is 7.60. The molecule has 0 saturated carbocycles. The van der Waals surface area contributed by atoms with Crippen LogP contribution >= 0.6 is 0 Å². The fourth-order valence-corrected chi connectivity index (χ4v) is 2.33. The summed E-state index contributed by atoms with van der Waals surface area (Å²) in [6, 6.07) is 1.95. The van der Waals surface area contributed by atoms with E-state index < -0.39 is 5.97 Å². The third-order valence-electron chi connectivity index (χ3n) is 3.18. The quantitative estimate of drug-likeness (QED) is 0.864. The SMILES string of the molecule is Cc1cc(C)c(C(=O)O)c(N2CCOCC2C)n1. The number of hydrogen-bond acceptors (Lipinski definition) is 4. The number of aromatic carboxylic acids is 1. The van der Waals surface area contributed by atoms with Crippen molar-refractivity contribution in [1.29, 1.82) is 0 Å². The van der Waals surface area contributed by atoms with Gasteiger partial charge in [-0.25, -0.2) is 9.78 Å². The van der Waals surface area contributed by atoms with Gasteiger partial charge < -0.3 is 14.7 Å². The maximum Gasteiger partial charge on any atom is 0.339 e. The molecule has 1 atom stereocenters. The van der Waals surface area contributed by atoms with Crippen LogP contribution in [0, 0.1) is 13.8 Å². The van der Waals surface area contributed by atoms with Crippen molar-refractivity contribution in [1.82, 2.24) is 4.98 Å². The zero-order valence-corrected chi connectivity index (χ0v) is 10.9. The molecule has 1 fully saturated rings. The molecule has 1 unspecified atom stereocenters. The highest BCUT2D eigenvalue weighted by molar-refractivity contribution is 5.95. The van der Waals surface area contributed by atoms with Crippen molar-refractivity contribution < 1.29 is 14.6 Å². The van der Waals surface area contributed by atoms with E-state index in [1.165, 1.54) is 0 Å². The summed E-state index contributed by atoms with van der Waals surface area (Å²) in [6.07, 6.45) is 0. The van der Waals surface area contributed by atoms with E-state index in [1.807, 2.05) is 25.7 Å². The van der Waals surface area contributed by atoms with Crippen LogP contribution in [-0.2, 0) is 4.74 Å². The summed E-state index contributed by atoms with van der Waals surface area (Å²) in [5, 5.41) is 9.36. The zero-order valence-electron chi connectivity index (χ0n) is 10.9. The highest BCUT2D eigenvalue weighted by Crippen LogP contribution is 2.25. The summed E-state index contributed by atoms with van der Waals surface area (Å²) in [5.41, 5.74) is 1.89. The Morgan fingerprint density at radius 3 is 2.89 bits per heavy atom. The Kier molecular flexibility index (Phi) is 3.52. The number of carboxylic acids is 1. The second kappa shape index (κ2) is 4.94. The largest absolute Gasteiger partial charge is 0.478 e. The van der Waals surface area contributed by atoms with E-state index in [0.29, 0.717) is 31.1 Å². The van der Waals surface area contributed by atoms with E-state index >= 15 is 0 Å². The Hall–Kier alpha value is -1.62. The second-order valence-corrected chi connectivity index (χ2v) is 4.70. The molecule has 1 aliphatic heterocycles. The van der Waals surface area contributed by atoms with Crippen molar-refractivity contribution in [3.05, 3.63) is 22.9 Å². The van der Waals surface area contributed by atoms with E-state index in [4.69, 9.17) is 4.74 Å². The molecule has 0 amide bonds. The van der Waals surface area contributed by atoms with Crippen molar-refractivity contribution in [2.24, 2.45) is 0 Å². The summed E-state index contributed by atoms with van der Waals surface area (Å²) in [4.78, 5) is 17.8.